The molecule has 20 heavy (non-hydrogen) atoms. The molecule has 0 aliphatic heterocycles. The van der Waals surface area contributed by atoms with Gasteiger partial charge in [0.25, 0.3) is 0 Å². The van der Waals surface area contributed by atoms with Crippen LogP contribution in [0.4, 0.5) is 0 Å². The van der Waals surface area contributed by atoms with E-state index in [1.165, 1.54) is 4.57 Å². The van der Waals surface area contributed by atoms with Crippen molar-refractivity contribution in [1.29, 1.82) is 0 Å². The van der Waals surface area contributed by atoms with Crippen LogP contribution in [0.1, 0.15) is 36.0 Å². The minimum absolute atomic E-state index is 0.0277. The predicted octanol–water partition coefficient (Wildman–Crippen LogP) is 2.27. The third-order valence-electron chi connectivity index (χ3n) is 4.29. The van der Waals surface area contributed by atoms with E-state index < -0.39 is 5.76 Å². The molecule has 1 aromatic heterocycles. The molecule has 0 atom stereocenters. The second kappa shape index (κ2) is 4.59. The Hall–Kier alpha value is -1.88. The van der Waals surface area contributed by atoms with Gasteiger partial charge in [0.2, 0.25) is 0 Å². The molecule has 1 heterocycles. The van der Waals surface area contributed by atoms with Crippen LogP contribution in [0.15, 0.2) is 27.4 Å². The lowest BCUT2D eigenvalue weighted by atomic mass is 9.76. The van der Waals surface area contributed by atoms with Gasteiger partial charge in [-0.05, 0) is 37.5 Å². The van der Waals surface area contributed by atoms with E-state index in [1.54, 1.807) is 32.4 Å². The van der Waals surface area contributed by atoms with E-state index in [4.69, 9.17) is 9.15 Å². The van der Waals surface area contributed by atoms with Gasteiger partial charge in [-0.15, -0.1) is 0 Å². The summed E-state index contributed by atoms with van der Waals surface area (Å²) in [6.07, 6.45) is 3.34. The maximum absolute atomic E-state index is 12.3. The fourth-order valence-corrected chi connectivity index (χ4v) is 2.73. The van der Waals surface area contributed by atoms with Crippen molar-refractivity contribution in [2.24, 2.45) is 7.05 Å². The number of ether oxygens (including phenoxy) is 1. The summed E-state index contributed by atoms with van der Waals surface area (Å²) in [6, 6.07) is 5.12. The van der Waals surface area contributed by atoms with E-state index in [9.17, 15) is 9.59 Å². The predicted molar refractivity (Wildman–Crippen MR) is 74.0 cm³/mol. The fourth-order valence-electron chi connectivity index (χ4n) is 2.73. The average molecular weight is 275 g/mol. The molecule has 5 heteroatoms. The first kappa shape index (κ1) is 13.1. The smallest absolute Gasteiger partial charge is 0.408 e. The van der Waals surface area contributed by atoms with Crippen LogP contribution in [0.5, 0.6) is 0 Å². The number of oxazole rings is 1. The first-order chi connectivity index (χ1) is 9.54. The van der Waals surface area contributed by atoms with Gasteiger partial charge in [-0.2, -0.15) is 0 Å². The molecule has 106 valence electrons. The number of aromatic nitrogens is 1. The van der Waals surface area contributed by atoms with E-state index in [0.717, 1.165) is 19.3 Å². The standard InChI is InChI=1S/C15H17NO4/c1-16-11-5-4-10(8-13(11)20-14(16)18)12(17)9-15(19-2)6-3-7-15/h4-5,8H,3,6-7,9H2,1-2H3. The molecular weight excluding hydrogens is 258 g/mol. The van der Waals surface area contributed by atoms with E-state index in [0.29, 0.717) is 23.1 Å². The van der Waals surface area contributed by atoms with E-state index in [1.807, 2.05) is 0 Å². The third kappa shape index (κ3) is 1.98. The van der Waals surface area contributed by atoms with Crippen molar-refractivity contribution in [2.45, 2.75) is 31.3 Å². The Kier molecular flexibility index (Phi) is 3.01. The first-order valence-electron chi connectivity index (χ1n) is 6.73. The highest BCUT2D eigenvalue weighted by atomic mass is 16.5. The van der Waals surface area contributed by atoms with Gasteiger partial charge in [-0.3, -0.25) is 9.36 Å². The summed E-state index contributed by atoms with van der Waals surface area (Å²) < 4.78 is 12.0. The fraction of sp³-hybridized carbons (Fsp3) is 0.467. The highest BCUT2D eigenvalue weighted by molar-refractivity contribution is 5.99. The van der Waals surface area contributed by atoms with Crippen LogP contribution < -0.4 is 5.76 Å². The Labute approximate surface area is 116 Å². The molecule has 1 aliphatic carbocycles. The van der Waals surface area contributed by atoms with Crippen LogP contribution in [0.3, 0.4) is 0 Å². The number of ketones is 1. The van der Waals surface area contributed by atoms with Gasteiger partial charge in [0.05, 0.1) is 11.1 Å². The van der Waals surface area contributed by atoms with Crippen molar-refractivity contribution in [3.63, 3.8) is 0 Å². The summed E-state index contributed by atoms with van der Waals surface area (Å²) in [5, 5.41) is 0. The maximum atomic E-state index is 12.3. The van der Waals surface area contributed by atoms with Crippen molar-refractivity contribution in [3.8, 4) is 0 Å². The van der Waals surface area contributed by atoms with Crippen LogP contribution in [-0.4, -0.2) is 23.1 Å². The van der Waals surface area contributed by atoms with Crippen LogP contribution in [0.2, 0.25) is 0 Å². The molecule has 0 spiro atoms. The molecule has 0 N–H and O–H groups in total. The molecule has 3 rings (SSSR count). The minimum Gasteiger partial charge on any atom is -0.408 e. The van der Waals surface area contributed by atoms with Crippen molar-refractivity contribution >= 4 is 16.9 Å². The monoisotopic (exact) mass is 275 g/mol. The summed E-state index contributed by atoms with van der Waals surface area (Å²) in [5.74, 6) is -0.392. The zero-order chi connectivity index (χ0) is 14.3. The van der Waals surface area contributed by atoms with Crippen LogP contribution in [0.25, 0.3) is 11.1 Å². The molecule has 0 radical (unpaired) electrons. The number of hydrogen-bond donors (Lipinski definition) is 0. The number of aryl methyl sites for hydroxylation is 1. The molecule has 1 saturated carbocycles. The second-order valence-electron chi connectivity index (χ2n) is 5.45. The molecule has 0 amide bonds. The molecular formula is C15H17NO4. The third-order valence-corrected chi connectivity index (χ3v) is 4.29. The summed E-state index contributed by atoms with van der Waals surface area (Å²) in [4.78, 5) is 23.8. The lowest BCUT2D eigenvalue weighted by molar-refractivity contribution is -0.0704. The van der Waals surface area contributed by atoms with Gasteiger partial charge in [0.1, 0.15) is 0 Å². The Morgan fingerprint density at radius 3 is 2.80 bits per heavy atom. The highest BCUT2D eigenvalue weighted by Gasteiger charge is 2.39. The van der Waals surface area contributed by atoms with E-state index >= 15 is 0 Å². The van der Waals surface area contributed by atoms with E-state index in [-0.39, 0.29) is 11.4 Å². The molecule has 0 bridgehead atoms. The number of carbonyl (C=O) groups is 1. The zero-order valence-electron chi connectivity index (χ0n) is 11.6. The van der Waals surface area contributed by atoms with Crippen molar-refractivity contribution in [2.75, 3.05) is 7.11 Å². The number of Topliss-reactive ketones (excluding diaryl/α,β-unsaturated/α-hetero) is 1. The number of hydrogen-bond acceptors (Lipinski definition) is 4. The lowest BCUT2D eigenvalue weighted by Crippen LogP contribution is -2.41. The van der Waals surface area contributed by atoms with Crippen molar-refractivity contribution < 1.29 is 13.9 Å². The first-order valence-corrected chi connectivity index (χ1v) is 6.73. The molecule has 2 aromatic rings. The van der Waals surface area contributed by atoms with Crippen molar-refractivity contribution in [3.05, 3.63) is 34.3 Å². The van der Waals surface area contributed by atoms with Crippen LogP contribution >= 0.6 is 0 Å². The normalized spacial score (nSPS) is 17.1. The minimum atomic E-state index is -0.419. The Morgan fingerprint density at radius 2 is 2.20 bits per heavy atom. The van der Waals surface area contributed by atoms with Crippen LogP contribution in [-0.2, 0) is 11.8 Å². The number of nitrogens with zero attached hydrogens (tertiary/aromatic N) is 1. The highest BCUT2D eigenvalue weighted by Crippen LogP contribution is 2.38. The number of methoxy groups -OCH3 is 1. The number of carbonyl (C=O) groups excluding carboxylic acids is 1. The van der Waals surface area contributed by atoms with Gasteiger partial charge in [-0.1, -0.05) is 0 Å². The molecule has 0 saturated heterocycles. The summed E-state index contributed by atoms with van der Waals surface area (Å²) >= 11 is 0. The maximum Gasteiger partial charge on any atom is 0.419 e. The average Bonchev–Trinajstić information content (AvgIpc) is 2.69. The number of benzene rings is 1. The molecule has 0 unspecified atom stereocenters. The van der Waals surface area contributed by atoms with Crippen LogP contribution in [0, 0.1) is 0 Å². The molecule has 1 aliphatic rings. The summed E-state index contributed by atoms with van der Waals surface area (Å²) in [7, 11) is 3.30. The number of fused-ring (bicyclic) bond motifs is 1. The second-order valence-corrected chi connectivity index (χ2v) is 5.45. The number of rotatable bonds is 4. The summed E-state index contributed by atoms with van der Waals surface area (Å²) in [5.41, 5.74) is 1.42. The van der Waals surface area contributed by atoms with Gasteiger partial charge in [0.15, 0.2) is 11.4 Å². The molecule has 1 aromatic carbocycles. The Morgan fingerprint density at radius 1 is 1.45 bits per heavy atom. The quantitative estimate of drug-likeness (QED) is 0.803. The Balaban J connectivity index is 1.90. The SMILES string of the molecule is COC1(CC(=O)c2ccc3c(c2)oc(=O)n3C)CCC1. The summed E-state index contributed by atoms with van der Waals surface area (Å²) in [6.45, 7) is 0. The van der Waals surface area contributed by atoms with Gasteiger partial charge >= 0.3 is 5.76 Å². The molecule has 1 fully saturated rings. The largest absolute Gasteiger partial charge is 0.419 e. The zero-order valence-corrected chi connectivity index (χ0v) is 11.6. The van der Waals surface area contributed by atoms with Gasteiger partial charge in [-0.25, -0.2) is 4.79 Å². The van der Waals surface area contributed by atoms with Gasteiger partial charge < -0.3 is 9.15 Å². The topological polar surface area (TPSA) is 61.4 Å². The van der Waals surface area contributed by atoms with Gasteiger partial charge in [0, 0.05) is 26.1 Å². The molecule has 5 nitrogen and oxygen atoms in total. The Bertz CT molecular complexity index is 716. The van der Waals surface area contributed by atoms with E-state index in [2.05, 4.69) is 0 Å². The van der Waals surface area contributed by atoms with Crippen molar-refractivity contribution in [1.82, 2.24) is 4.57 Å². The lowest BCUT2D eigenvalue weighted by Gasteiger charge is -2.40.